The van der Waals surface area contributed by atoms with E-state index in [4.69, 9.17) is 5.11 Å². The van der Waals surface area contributed by atoms with Gasteiger partial charge in [-0.2, -0.15) is 4.31 Å². The zero-order valence-electron chi connectivity index (χ0n) is 7.72. The van der Waals surface area contributed by atoms with Crippen molar-refractivity contribution in [3.8, 4) is 0 Å². The molecule has 14 heavy (non-hydrogen) atoms. The second-order valence-corrected chi connectivity index (χ2v) is 5.20. The molecular formula is C8H13NO4S. The van der Waals surface area contributed by atoms with E-state index in [9.17, 15) is 13.2 Å². The summed E-state index contributed by atoms with van der Waals surface area (Å²) in [4.78, 5) is 10.8. The largest absolute Gasteiger partial charge is 0.480 e. The lowest BCUT2D eigenvalue weighted by atomic mass is 10.2. The second-order valence-electron chi connectivity index (χ2n) is 3.16. The highest BCUT2D eigenvalue weighted by molar-refractivity contribution is 7.89. The molecule has 1 heterocycles. The zero-order valence-corrected chi connectivity index (χ0v) is 8.53. The fourth-order valence-electron chi connectivity index (χ4n) is 1.51. The third kappa shape index (κ3) is 2.13. The number of carbonyl (C=O) groups is 1. The first-order valence-corrected chi connectivity index (χ1v) is 5.93. The fourth-order valence-corrected chi connectivity index (χ4v) is 3.21. The molecule has 0 aliphatic carbocycles. The molecule has 0 aromatic carbocycles. The highest BCUT2D eigenvalue weighted by Gasteiger charge is 2.37. The van der Waals surface area contributed by atoms with Crippen LogP contribution < -0.4 is 0 Å². The van der Waals surface area contributed by atoms with Gasteiger partial charge in [-0.25, -0.2) is 8.42 Å². The molecule has 1 N–H and O–H groups in total. The summed E-state index contributed by atoms with van der Waals surface area (Å²) in [5, 5.41) is 8.84. The van der Waals surface area contributed by atoms with E-state index in [1.807, 2.05) is 0 Å². The van der Waals surface area contributed by atoms with Gasteiger partial charge in [0.05, 0.1) is 5.75 Å². The van der Waals surface area contributed by atoms with Gasteiger partial charge in [0.1, 0.15) is 6.04 Å². The standard InChI is InChI=1S/C8H13NO4S/c1-2-4-7(8(10)11)9-5-3-6-14(9,12)13/h2,7H,1,3-6H2,(H,10,11). The molecule has 0 aromatic heterocycles. The summed E-state index contributed by atoms with van der Waals surface area (Å²) in [5.74, 6) is -1.07. The Morgan fingerprint density at radius 1 is 1.64 bits per heavy atom. The lowest BCUT2D eigenvalue weighted by Gasteiger charge is -2.21. The summed E-state index contributed by atoms with van der Waals surface area (Å²) in [6.07, 6.45) is 2.07. The van der Waals surface area contributed by atoms with Crippen LogP contribution in [0.1, 0.15) is 12.8 Å². The van der Waals surface area contributed by atoms with Crippen LogP contribution in [0.5, 0.6) is 0 Å². The van der Waals surface area contributed by atoms with Crippen molar-refractivity contribution in [3.05, 3.63) is 12.7 Å². The van der Waals surface area contributed by atoms with E-state index in [1.54, 1.807) is 0 Å². The first-order valence-electron chi connectivity index (χ1n) is 4.32. The summed E-state index contributed by atoms with van der Waals surface area (Å²) in [5.41, 5.74) is 0. The van der Waals surface area contributed by atoms with Crippen molar-refractivity contribution < 1.29 is 18.3 Å². The van der Waals surface area contributed by atoms with Gasteiger partial charge in [0.25, 0.3) is 0 Å². The topological polar surface area (TPSA) is 74.7 Å². The average Bonchev–Trinajstić information content (AvgIpc) is 2.40. The molecule has 0 amide bonds. The predicted octanol–water partition coefficient (Wildman–Crippen LogP) is 0.0512. The van der Waals surface area contributed by atoms with Gasteiger partial charge >= 0.3 is 5.97 Å². The molecule has 1 aliphatic heterocycles. The van der Waals surface area contributed by atoms with Gasteiger partial charge in [-0.1, -0.05) is 6.08 Å². The summed E-state index contributed by atoms with van der Waals surface area (Å²) in [6, 6.07) is -0.986. The molecule has 0 bridgehead atoms. The molecule has 0 saturated carbocycles. The highest BCUT2D eigenvalue weighted by Crippen LogP contribution is 2.19. The molecule has 0 radical (unpaired) electrons. The minimum absolute atomic E-state index is 0.0495. The molecular weight excluding hydrogens is 206 g/mol. The maximum absolute atomic E-state index is 11.4. The SMILES string of the molecule is C=CCC(C(=O)O)N1CCCS1(=O)=O. The molecule has 1 fully saturated rings. The lowest BCUT2D eigenvalue weighted by molar-refractivity contribution is -0.141. The van der Waals surface area contributed by atoms with Crippen molar-refractivity contribution in [2.75, 3.05) is 12.3 Å². The quantitative estimate of drug-likeness (QED) is 0.678. The Morgan fingerprint density at radius 2 is 2.29 bits per heavy atom. The maximum atomic E-state index is 11.4. The van der Waals surface area contributed by atoms with Crippen molar-refractivity contribution in [1.29, 1.82) is 0 Å². The Morgan fingerprint density at radius 3 is 2.64 bits per heavy atom. The van der Waals surface area contributed by atoms with E-state index in [0.29, 0.717) is 13.0 Å². The molecule has 6 heteroatoms. The molecule has 1 atom stereocenters. The monoisotopic (exact) mass is 219 g/mol. The molecule has 80 valence electrons. The number of aliphatic carboxylic acids is 1. The van der Waals surface area contributed by atoms with Crippen LogP contribution in [0.15, 0.2) is 12.7 Å². The van der Waals surface area contributed by atoms with Crippen LogP contribution in [0.2, 0.25) is 0 Å². The molecule has 1 aliphatic rings. The second kappa shape index (κ2) is 4.10. The van der Waals surface area contributed by atoms with Gasteiger partial charge in [-0.15, -0.1) is 6.58 Å². The van der Waals surface area contributed by atoms with E-state index in [1.165, 1.54) is 6.08 Å². The molecule has 1 saturated heterocycles. The number of sulfonamides is 1. The first kappa shape index (κ1) is 11.2. The van der Waals surface area contributed by atoms with E-state index in [0.717, 1.165) is 4.31 Å². The number of hydrogen-bond acceptors (Lipinski definition) is 3. The van der Waals surface area contributed by atoms with Crippen molar-refractivity contribution in [2.45, 2.75) is 18.9 Å². The Labute approximate surface area is 83.1 Å². The Bertz CT molecular complexity index is 335. The number of hydrogen-bond donors (Lipinski definition) is 1. The van der Waals surface area contributed by atoms with Crippen LogP contribution >= 0.6 is 0 Å². The van der Waals surface area contributed by atoms with Gasteiger partial charge in [0.2, 0.25) is 10.0 Å². The normalized spacial score (nSPS) is 23.1. The summed E-state index contributed by atoms with van der Waals surface area (Å²) >= 11 is 0. The smallest absolute Gasteiger partial charge is 0.322 e. The molecule has 0 spiro atoms. The maximum Gasteiger partial charge on any atom is 0.322 e. The van der Waals surface area contributed by atoms with Gasteiger partial charge < -0.3 is 5.11 Å². The molecule has 1 rings (SSSR count). The average molecular weight is 219 g/mol. The van der Waals surface area contributed by atoms with Crippen molar-refractivity contribution in [3.63, 3.8) is 0 Å². The minimum Gasteiger partial charge on any atom is -0.480 e. The first-order chi connectivity index (χ1) is 6.49. The molecule has 5 nitrogen and oxygen atoms in total. The zero-order chi connectivity index (χ0) is 10.8. The van der Waals surface area contributed by atoms with Crippen LogP contribution in [-0.4, -0.2) is 42.1 Å². The van der Waals surface area contributed by atoms with Crippen LogP contribution in [-0.2, 0) is 14.8 Å². The molecule has 0 aromatic rings. The third-order valence-corrected chi connectivity index (χ3v) is 4.12. The Hall–Kier alpha value is -0.880. The van der Waals surface area contributed by atoms with Gasteiger partial charge in [0.15, 0.2) is 0 Å². The summed E-state index contributed by atoms with van der Waals surface area (Å²) in [7, 11) is -3.35. The van der Waals surface area contributed by atoms with E-state index in [2.05, 4.69) is 6.58 Å². The lowest BCUT2D eigenvalue weighted by Crippen LogP contribution is -2.41. The van der Waals surface area contributed by atoms with Crippen molar-refractivity contribution in [1.82, 2.24) is 4.31 Å². The van der Waals surface area contributed by atoms with Gasteiger partial charge in [0, 0.05) is 6.54 Å². The number of carboxylic acid groups (broad SMARTS) is 1. The third-order valence-electron chi connectivity index (χ3n) is 2.16. The Kier molecular flexibility index (Phi) is 3.28. The van der Waals surface area contributed by atoms with Crippen LogP contribution in [0.25, 0.3) is 0 Å². The van der Waals surface area contributed by atoms with Crippen LogP contribution in [0.3, 0.4) is 0 Å². The van der Waals surface area contributed by atoms with E-state index in [-0.39, 0.29) is 12.2 Å². The minimum atomic E-state index is -3.35. The number of rotatable bonds is 4. The van der Waals surface area contributed by atoms with Gasteiger partial charge in [-0.05, 0) is 12.8 Å². The van der Waals surface area contributed by atoms with Crippen molar-refractivity contribution in [2.24, 2.45) is 0 Å². The van der Waals surface area contributed by atoms with E-state index < -0.39 is 22.0 Å². The molecule has 1 unspecified atom stereocenters. The van der Waals surface area contributed by atoms with Gasteiger partial charge in [-0.3, -0.25) is 4.79 Å². The summed E-state index contributed by atoms with van der Waals surface area (Å²) < 4.78 is 23.9. The number of nitrogens with zero attached hydrogens (tertiary/aromatic N) is 1. The van der Waals surface area contributed by atoms with Crippen molar-refractivity contribution >= 4 is 16.0 Å². The number of carboxylic acids is 1. The summed E-state index contributed by atoms with van der Waals surface area (Å²) in [6.45, 7) is 3.72. The fraction of sp³-hybridized carbons (Fsp3) is 0.625. The Balaban J connectivity index is 2.88. The predicted molar refractivity (Wildman–Crippen MR) is 51.3 cm³/mol. The van der Waals surface area contributed by atoms with Crippen LogP contribution in [0.4, 0.5) is 0 Å². The van der Waals surface area contributed by atoms with Crippen LogP contribution in [0, 0.1) is 0 Å². The van der Waals surface area contributed by atoms with E-state index >= 15 is 0 Å². The highest BCUT2D eigenvalue weighted by atomic mass is 32.2.